The fourth-order valence-corrected chi connectivity index (χ4v) is 7.91. The Bertz CT molecular complexity index is 957. The molecule has 1 N–H and O–H groups in total. The van der Waals surface area contributed by atoms with Crippen LogP contribution in [-0.2, 0) is 6.54 Å². The van der Waals surface area contributed by atoms with Gasteiger partial charge in [0.15, 0.2) is 0 Å². The molecular formula is C29H41Cl2N3OS. The van der Waals surface area contributed by atoms with Crippen molar-refractivity contribution in [2.45, 2.75) is 50.7 Å². The predicted octanol–water partition coefficient (Wildman–Crippen LogP) is 6.08. The topological polar surface area (TPSA) is 30.0 Å². The zero-order valence-corrected chi connectivity index (χ0v) is 23.8. The van der Waals surface area contributed by atoms with Gasteiger partial charge in [0.25, 0.3) is 0 Å². The lowest BCUT2D eigenvalue weighted by molar-refractivity contribution is 0.0354. The van der Waals surface area contributed by atoms with E-state index in [9.17, 15) is 5.11 Å². The maximum Gasteiger partial charge on any atom is 0.0572 e. The van der Waals surface area contributed by atoms with Gasteiger partial charge in [-0.2, -0.15) is 11.3 Å². The van der Waals surface area contributed by atoms with Crippen LogP contribution in [0.3, 0.4) is 0 Å². The maximum absolute atomic E-state index is 10.9. The number of halogens is 2. The second-order valence-electron chi connectivity index (χ2n) is 11.5. The van der Waals surface area contributed by atoms with Crippen molar-refractivity contribution in [3.63, 3.8) is 0 Å². The molecule has 0 saturated carbocycles. The number of piperidine rings is 2. The van der Waals surface area contributed by atoms with Crippen LogP contribution in [0.2, 0.25) is 10.0 Å². The Morgan fingerprint density at radius 1 is 1.00 bits per heavy atom. The van der Waals surface area contributed by atoms with E-state index < -0.39 is 0 Å². The highest BCUT2D eigenvalue weighted by atomic mass is 35.5. The summed E-state index contributed by atoms with van der Waals surface area (Å²) in [6.07, 6.45) is 5.65. The summed E-state index contributed by atoms with van der Waals surface area (Å²) in [6.45, 7) is 8.83. The summed E-state index contributed by atoms with van der Waals surface area (Å²) < 4.78 is 0. The van der Waals surface area contributed by atoms with Gasteiger partial charge in [-0.25, -0.2) is 0 Å². The third-order valence-corrected chi connectivity index (χ3v) is 10.3. The van der Waals surface area contributed by atoms with E-state index in [4.69, 9.17) is 23.2 Å². The van der Waals surface area contributed by atoms with Crippen molar-refractivity contribution in [2.75, 3.05) is 52.9 Å². The van der Waals surface area contributed by atoms with E-state index in [1.54, 1.807) is 0 Å². The lowest BCUT2D eigenvalue weighted by atomic mass is 9.82. The molecule has 36 heavy (non-hydrogen) atoms. The summed E-state index contributed by atoms with van der Waals surface area (Å²) >= 11 is 14.4. The predicted molar refractivity (Wildman–Crippen MR) is 152 cm³/mol. The molecule has 0 amide bonds. The van der Waals surface area contributed by atoms with Crippen LogP contribution in [0.5, 0.6) is 0 Å². The van der Waals surface area contributed by atoms with E-state index in [0.29, 0.717) is 28.7 Å². The van der Waals surface area contributed by atoms with E-state index in [2.05, 4.69) is 44.6 Å². The van der Waals surface area contributed by atoms with E-state index in [1.807, 2.05) is 23.5 Å². The number of likely N-dealkylation sites (tertiary alicyclic amines) is 3. The molecule has 3 fully saturated rings. The first-order valence-corrected chi connectivity index (χ1v) is 15.4. The first kappa shape index (κ1) is 26.9. The van der Waals surface area contributed by atoms with Crippen molar-refractivity contribution >= 4 is 34.5 Å². The van der Waals surface area contributed by atoms with Crippen molar-refractivity contribution in [1.82, 2.24) is 14.7 Å². The highest BCUT2D eigenvalue weighted by Gasteiger charge is 2.36. The van der Waals surface area contributed by atoms with Crippen LogP contribution < -0.4 is 0 Å². The third kappa shape index (κ3) is 6.85. The number of rotatable bonds is 8. The quantitative estimate of drug-likeness (QED) is 0.432. The standard InChI is InChI=1S/C29H41Cl2N3OS/c1-32-9-6-22(7-10-32)29(35)14-21-4-11-33(12-5-21)17-25-18-34(19-27(25)24-8-13-36-20-24)16-23-2-3-26(30)15-28(23)31/h2-3,8,13,15,20-22,25,27,29,35H,4-7,9-12,14,16-19H2,1H3/t25-,27+,29?/m0/s1. The average molecular weight is 551 g/mol. The first-order valence-electron chi connectivity index (χ1n) is 13.7. The van der Waals surface area contributed by atoms with E-state index >= 15 is 0 Å². The molecule has 1 aromatic carbocycles. The molecule has 2 aromatic rings. The molecule has 7 heteroatoms. The Kier molecular flexibility index (Phi) is 9.32. The lowest BCUT2D eigenvalue weighted by Crippen LogP contribution is -2.40. The minimum atomic E-state index is -0.110. The highest BCUT2D eigenvalue weighted by Crippen LogP contribution is 2.37. The Hall–Kier alpha value is -0.660. The van der Waals surface area contributed by atoms with Gasteiger partial charge in [-0.3, -0.25) is 4.90 Å². The van der Waals surface area contributed by atoms with Gasteiger partial charge in [0.1, 0.15) is 0 Å². The van der Waals surface area contributed by atoms with E-state index in [0.717, 1.165) is 69.1 Å². The van der Waals surface area contributed by atoms with Crippen LogP contribution in [0, 0.1) is 17.8 Å². The molecule has 4 heterocycles. The van der Waals surface area contributed by atoms with Crippen LogP contribution in [0.1, 0.15) is 49.1 Å². The van der Waals surface area contributed by atoms with Gasteiger partial charge in [0, 0.05) is 42.1 Å². The van der Waals surface area contributed by atoms with Crippen molar-refractivity contribution in [3.05, 3.63) is 56.2 Å². The average Bonchev–Trinajstić information content (AvgIpc) is 3.53. The van der Waals surface area contributed by atoms with E-state index in [1.165, 1.54) is 31.5 Å². The Morgan fingerprint density at radius 3 is 2.47 bits per heavy atom. The number of aliphatic hydroxyl groups excluding tert-OH is 1. The molecule has 1 unspecified atom stereocenters. The number of thiophene rings is 1. The van der Waals surface area contributed by atoms with Gasteiger partial charge < -0.3 is 14.9 Å². The van der Waals surface area contributed by atoms with Crippen molar-refractivity contribution in [2.24, 2.45) is 17.8 Å². The van der Waals surface area contributed by atoms with Gasteiger partial charge in [-0.05, 0) is 123 Å². The summed E-state index contributed by atoms with van der Waals surface area (Å²) in [7, 11) is 2.19. The van der Waals surface area contributed by atoms with Crippen LogP contribution in [0.4, 0.5) is 0 Å². The summed E-state index contributed by atoms with van der Waals surface area (Å²) in [4.78, 5) is 7.66. The number of aliphatic hydroxyl groups is 1. The molecule has 3 aliphatic rings. The summed E-state index contributed by atoms with van der Waals surface area (Å²) in [5.74, 6) is 2.39. The van der Waals surface area contributed by atoms with Crippen molar-refractivity contribution in [1.29, 1.82) is 0 Å². The SMILES string of the molecule is CN1CCC(C(O)CC2CCN(C[C@H]3CN(Cc4ccc(Cl)cc4Cl)C[C@@H]3c3ccsc3)CC2)CC1. The van der Waals surface area contributed by atoms with Gasteiger partial charge >= 0.3 is 0 Å². The lowest BCUT2D eigenvalue weighted by Gasteiger charge is -2.37. The Balaban J connectivity index is 1.14. The van der Waals surface area contributed by atoms with Crippen LogP contribution >= 0.6 is 34.5 Å². The molecule has 3 aliphatic heterocycles. The van der Waals surface area contributed by atoms with Gasteiger partial charge in [0.05, 0.1) is 6.10 Å². The highest BCUT2D eigenvalue weighted by molar-refractivity contribution is 7.08. The monoisotopic (exact) mass is 549 g/mol. The Labute approximate surface area is 231 Å². The summed E-state index contributed by atoms with van der Waals surface area (Å²) in [6, 6.07) is 8.19. The van der Waals surface area contributed by atoms with Crippen LogP contribution in [0.25, 0.3) is 0 Å². The molecule has 0 bridgehead atoms. The maximum atomic E-state index is 10.9. The minimum absolute atomic E-state index is 0.110. The van der Waals surface area contributed by atoms with Crippen molar-refractivity contribution in [3.8, 4) is 0 Å². The summed E-state index contributed by atoms with van der Waals surface area (Å²) in [5.41, 5.74) is 2.65. The molecule has 3 atom stereocenters. The second-order valence-corrected chi connectivity index (χ2v) is 13.2. The molecule has 1 aromatic heterocycles. The first-order chi connectivity index (χ1) is 17.4. The third-order valence-electron chi connectivity index (χ3n) is 8.98. The number of hydrogen-bond donors (Lipinski definition) is 1. The normalized spacial score (nSPS) is 26.6. The van der Waals surface area contributed by atoms with Crippen LogP contribution in [0.15, 0.2) is 35.0 Å². The van der Waals surface area contributed by atoms with Gasteiger partial charge in [0.2, 0.25) is 0 Å². The Morgan fingerprint density at radius 2 is 1.78 bits per heavy atom. The van der Waals surface area contributed by atoms with Crippen molar-refractivity contribution < 1.29 is 5.11 Å². The zero-order chi connectivity index (χ0) is 25.1. The van der Waals surface area contributed by atoms with Gasteiger partial charge in [-0.15, -0.1) is 0 Å². The molecule has 0 aliphatic carbocycles. The largest absolute Gasteiger partial charge is 0.393 e. The number of benzene rings is 1. The summed E-state index contributed by atoms with van der Waals surface area (Å²) in [5, 5.41) is 16.9. The smallest absolute Gasteiger partial charge is 0.0572 e. The number of hydrogen-bond acceptors (Lipinski definition) is 5. The fraction of sp³-hybridized carbons (Fsp3) is 0.655. The molecule has 0 spiro atoms. The molecule has 4 nitrogen and oxygen atoms in total. The van der Waals surface area contributed by atoms with E-state index in [-0.39, 0.29) is 6.10 Å². The zero-order valence-electron chi connectivity index (χ0n) is 21.5. The molecular weight excluding hydrogens is 509 g/mol. The van der Waals surface area contributed by atoms with Crippen LogP contribution in [-0.4, -0.2) is 78.8 Å². The molecule has 0 radical (unpaired) electrons. The minimum Gasteiger partial charge on any atom is -0.393 e. The second kappa shape index (κ2) is 12.5. The molecule has 3 saturated heterocycles. The fourth-order valence-electron chi connectivity index (χ4n) is 6.71. The molecule has 198 valence electrons. The number of nitrogens with zero attached hydrogens (tertiary/aromatic N) is 3. The molecule has 5 rings (SSSR count). The van der Waals surface area contributed by atoms with Gasteiger partial charge in [-0.1, -0.05) is 29.3 Å².